The second kappa shape index (κ2) is 11.1. The van der Waals surface area contributed by atoms with Crippen LogP contribution in [0, 0.1) is 0 Å². The summed E-state index contributed by atoms with van der Waals surface area (Å²) in [6.07, 6.45) is 1.51. The summed E-state index contributed by atoms with van der Waals surface area (Å²) in [7, 11) is 1.50. The average molecular weight is 379 g/mol. The molecule has 0 aliphatic carbocycles. The van der Waals surface area contributed by atoms with Crippen LogP contribution in [0.5, 0.6) is 11.5 Å². The summed E-state index contributed by atoms with van der Waals surface area (Å²) < 4.78 is 20.7. The van der Waals surface area contributed by atoms with Crippen LogP contribution in [0.1, 0.15) is 12.5 Å². The summed E-state index contributed by atoms with van der Waals surface area (Å²) in [4.78, 5) is 25.3. The Labute approximate surface area is 158 Å². The number of amides is 1. The molecule has 1 saturated heterocycles. The highest BCUT2D eigenvalue weighted by Crippen LogP contribution is 2.27. The number of carbonyl (C=O) groups excluding carboxylic acids is 2. The average Bonchev–Trinajstić information content (AvgIpc) is 2.67. The third-order valence-electron chi connectivity index (χ3n) is 3.71. The smallest absolute Gasteiger partial charge is 0.344 e. The van der Waals surface area contributed by atoms with E-state index in [0.29, 0.717) is 36.9 Å². The molecule has 148 valence electrons. The molecule has 0 unspecified atom stereocenters. The number of hydrogen-bond acceptors (Lipinski definition) is 8. The van der Waals surface area contributed by atoms with Crippen LogP contribution in [0.3, 0.4) is 0 Å². The van der Waals surface area contributed by atoms with Crippen molar-refractivity contribution in [3.8, 4) is 11.5 Å². The van der Waals surface area contributed by atoms with Gasteiger partial charge in [0.05, 0.1) is 39.7 Å². The van der Waals surface area contributed by atoms with Gasteiger partial charge in [-0.05, 0) is 30.7 Å². The molecular weight excluding hydrogens is 354 g/mol. The molecule has 0 aromatic heterocycles. The molecule has 1 aromatic carbocycles. The number of rotatable bonds is 9. The third-order valence-corrected chi connectivity index (χ3v) is 3.71. The van der Waals surface area contributed by atoms with Crippen molar-refractivity contribution in [3.05, 3.63) is 23.8 Å². The number of ether oxygens (including phenoxy) is 4. The predicted octanol–water partition coefficient (Wildman–Crippen LogP) is 0.419. The zero-order valence-electron chi connectivity index (χ0n) is 15.6. The molecule has 1 heterocycles. The number of nitrogens with one attached hydrogen (secondary N) is 1. The molecule has 0 bridgehead atoms. The van der Waals surface area contributed by atoms with Gasteiger partial charge in [0, 0.05) is 13.1 Å². The number of morpholine rings is 1. The van der Waals surface area contributed by atoms with Crippen molar-refractivity contribution in [3.63, 3.8) is 0 Å². The molecular formula is C18H25N3O6. The number of benzene rings is 1. The van der Waals surface area contributed by atoms with Gasteiger partial charge in [0.25, 0.3) is 5.91 Å². The van der Waals surface area contributed by atoms with Gasteiger partial charge in [-0.15, -0.1) is 0 Å². The molecule has 0 atom stereocenters. The molecule has 9 heteroatoms. The van der Waals surface area contributed by atoms with Gasteiger partial charge < -0.3 is 18.9 Å². The van der Waals surface area contributed by atoms with Crippen molar-refractivity contribution in [2.24, 2.45) is 5.10 Å². The van der Waals surface area contributed by atoms with E-state index in [4.69, 9.17) is 18.9 Å². The molecule has 1 N–H and O–H groups in total. The lowest BCUT2D eigenvalue weighted by atomic mass is 10.2. The van der Waals surface area contributed by atoms with Gasteiger partial charge >= 0.3 is 5.97 Å². The van der Waals surface area contributed by atoms with E-state index in [1.807, 2.05) is 4.90 Å². The fraction of sp³-hybridized carbons (Fsp3) is 0.500. The molecule has 9 nitrogen and oxygen atoms in total. The van der Waals surface area contributed by atoms with Crippen LogP contribution in [0.4, 0.5) is 0 Å². The van der Waals surface area contributed by atoms with E-state index < -0.39 is 5.97 Å². The number of esters is 1. The molecule has 1 amide bonds. The number of methoxy groups -OCH3 is 1. The number of hydrogen-bond donors (Lipinski definition) is 1. The Morgan fingerprint density at radius 2 is 2.07 bits per heavy atom. The Bertz CT molecular complexity index is 658. The van der Waals surface area contributed by atoms with Crippen LogP contribution in [0.15, 0.2) is 23.3 Å². The van der Waals surface area contributed by atoms with Crippen LogP contribution in [0.2, 0.25) is 0 Å². The molecule has 1 fully saturated rings. The van der Waals surface area contributed by atoms with Crippen LogP contribution in [0.25, 0.3) is 0 Å². The summed E-state index contributed by atoms with van der Waals surface area (Å²) in [5.74, 6) is 0.227. The van der Waals surface area contributed by atoms with E-state index in [9.17, 15) is 9.59 Å². The van der Waals surface area contributed by atoms with Crippen molar-refractivity contribution < 1.29 is 28.5 Å². The minimum atomic E-state index is -0.451. The SMILES string of the molecule is CCOC(=O)COc1ccc(/C=N/NC(=O)CN2CCOCC2)cc1OC. The van der Waals surface area contributed by atoms with Crippen molar-refractivity contribution >= 4 is 18.1 Å². The first kappa shape index (κ1) is 20.7. The highest BCUT2D eigenvalue weighted by atomic mass is 16.6. The molecule has 0 radical (unpaired) electrons. The fourth-order valence-corrected chi connectivity index (χ4v) is 2.40. The summed E-state index contributed by atoms with van der Waals surface area (Å²) in [6.45, 7) is 4.86. The zero-order chi connectivity index (χ0) is 19.5. The first-order valence-corrected chi connectivity index (χ1v) is 8.70. The van der Waals surface area contributed by atoms with Crippen LogP contribution >= 0.6 is 0 Å². The van der Waals surface area contributed by atoms with Crippen molar-refractivity contribution in [2.45, 2.75) is 6.92 Å². The third kappa shape index (κ3) is 7.24. The van der Waals surface area contributed by atoms with Gasteiger partial charge in [0.15, 0.2) is 18.1 Å². The monoisotopic (exact) mass is 379 g/mol. The molecule has 1 aromatic rings. The Morgan fingerprint density at radius 1 is 1.30 bits per heavy atom. The van der Waals surface area contributed by atoms with E-state index in [0.717, 1.165) is 13.1 Å². The maximum Gasteiger partial charge on any atom is 0.344 e. The second-order valence-electron chi connectivity index (χ2n) is 5.69. The summed E-state index contributed by atoms with van der Waals surface area (Å²) in [5.41, 5.74) is 3.21. The van der Waals surface area contributed by atoms with E-state index in [1.165, 1.54) is 13.3 Å². The highest BCUT2D eigenvalue weighted by molar-refractivity contribution is 5.84. The summed E-state index contributed by atoms with van der Waals surface area (Å²) in [6, 6.07) is 5.09. The van der Waals surface area contributed by atoms with E-state index >= 15 is 0 Å². The Kier molecular flexibility index (Phi) is 8.53. The molecule has 0 saturated carbocycles. The zero-order valence-corrected chi connectivity index (χ0v) is 15.6. The minimum absolute atomic E-state index is 0.186. The number of nitrogens with zero attached hydrogens (tertiary/aromatic N) is 2. The van der Waals surface area contributed by atoms with E-state index in [1.54, 1.807) is 25.1 Å². The normalized spacial score (nSPS) is 14.7. The predicted molar refractivity (Wildman–Crippen MR) is 98.1 cm³/mol. The van der Waals surface area contributed by atoms with E-state index in [2.05, 4.69) is 10.5 Å². The Morgan fingerprint density at radius 3 is 2.78 bits per heavy atom. The maximum absolute atomic E-state index is 11.9. The molecule has 27 heavy (non-hydrogen) atoms. The quantitative estimate of drug-likeness (QED) is 0.377. The molecule has 2 rings (SSSR count). The van der Waals surface area contributed by atoms with Gasteiger partial charge in [0.1, 0.15) is 0 Å². The van der Waals surface area contributed by atoms with Gasteiger partial charge in [-0.3, -0.25) is 9.69 Å². The van der Waals surface area contributed by atoms with Crippen molar-refractivity contribution in [1.29, 1.82) is 0 Å². The summed E-state index contributed by atoms with van der Waals surface area (Å²) >= 11 is 0. The standard InChI is InChI=1S/C18H25N3O6/c1-3-26-18(23)13-27-15-5-4-14(10-16(15)24-2)11-19-20-17(22)12-21-6-8-25-9-7-21/h4-5,10-11H,3,6-9,12-13H2,1-2H3,(H,20,22)/b19-11+. The van der Waals surface area contributed by atoms with Gasteiger partial charge in [0.2, 0.25) is 0 Å². The lowest BCUT2D eigenvalue weighted by Gasteiger charge is -2.25. The first-order valence-electron chi connectivity index (χ1n) is 8.70. The first-order chi connectivity index (χ1) is 13.1. The van der Waals surface area contributed by atoms with Crippen LogP contribution in [-0.2, 0) is 19.1 Å². The lowest BCUT2D eigenvalue weighted by Crippen LogP contribution is -2.42. The number of carbonyl (C=O) groups is 2. The summed E-state index contributed by atoms with van der Waals surface area (Å²) in [5, 5.41) is 3.96. The lowest BCUT2D eigenvalue weighted by molar-refractivity contribution is -0.145. The minimum Gasteiger partial charge on any atom is -0.493 e. The topological polar surface area (TPSA) is 98.7 Å². The Balaban J connectivity index is 1.85. The molecule has 1 aliphatic heterocycles. The van der Waals surface area contributed by atoms with Gasteiger partial charge in [-0.25, -0.2) is 10.2 Å². The van der Waals surface area contributed by atoms with Crippen molar-refractivity contribution in [2.75, 3.05) is 53.2 Å². The maximum atomic E-state index is 11.9. The van der Waals surface area contributed by atoms with Gasteiger partial charge in [-0.1, -0.05) is 0 Å². The van der Waals surface area contributed by atoms with Gasteiger partial charge in [-0.2, -0.15) is 5.10 Å². The van der Waals surface area contributed by atoms with Crippen LogP contribution < -0.4 is 14.9 Å². The highest BCUT2D eigenvalue weighted by Gasteiger charge is 2.13. The molecule has 1 aliphatic rings. The van der Waals surface area contributed by atoms with Crippen molar-refractivity contribution in [1.82, 2.24) is 10.3 Å². The second-order valence-corrected chi connectivity index (χ2v) is 5.69. The molecule has 0 spiro atoms. The van der Waals surface area contributed by atoms with E-state index in [-0.39, 0.29) is 19.1 Å². The number of hydrazone groups is 1. The Hall–Kier alpha value is -2.65. The largest absolute Gasteiger partial charge is 0.493 e. The van der Waals surface area contributed by atoms with Crippen LogP contribution in [-0.4, -0.2) is 76.2 Å². The fourth-order valence-electron chi connectivity index (χ4n) is 2.40.